The van der Waals surface area contributed by atoms with Gasteiger partial charge in [-0.15, -0.1) is 0 Å². The average molecular weight is 308 g/mol. The predicted molar refractivity (Wildman–Crippen MR) is 74.5 cm³/mol. The number of alkyl halides is 3. The zero-order chi connectivity index (χ0) is 16.1. The topological polar surface area (TPSA) is 58.3 Å². The Balaban J connectivity index is 2.27. The number of benzene rings is 2. The second kappa shape index (κ2) is 4.66. The summed E-state index contributed by atoms with van der Waals surface area (Å²) in [6, 6.07) is 7.39. The SMILES string of the molecule is Cn1nc(-c2ccc(O)c(O)c2)c2cc(C(F)(F)F)ccc21. The average Bonchev–Trinajstić information content (AvgIpc) is 2.78. The molecule has 0 saturated heterocycles. The number of aromatic nitrogens is 2. The lowest BCUT2D eigenvalue weighted by molar-refractivity contribution is -0.137. The van der Waals surface area contributed by atoms with E-state index >= 15 is 0 Å². The number of fused-ring (bicyclic) bond motifs is 1. The molecule has 0 amide bonds. The third-order valence-electron chi connectivity index (χ3n) is 3.43. The minimum atomic E-state index is -4.45. The van der Waals surface area contributed by atoms with E-state index in [-0.39, 0.29) is 11.5 Å². The first kappa shape index (κ1) is 14.2. The molecule has 22 heavy (non-hydrogen) atoms. The Labute approximate surface area is 123 Å². The quantitative estimate of drug-likeness (QED) is 0.674. The molecule has 0 aliphatic rings. The van der Waals surface area contributed by atoms with Crippen LogP contribution in [0.4, 0.5) is 13.2 Å². The lowest BCUT2D eigenvalue weighted by Crippen LogP contribution is -2.04. The van der Waals surface area contributed by atoms with Crippen LogP contribution >= 0.6 is 0 Å². The predicted octanol–water partition coefficient (Wildman–Crippen LogP) is 3.67. The first-order chi connectivity index (χ1) is 10.3. The summed E-state index contributed by atoms with van der Waals surface area (Å²) in [5, 5.41) is 23.4. The molecule has 3 rings (SSSR count). The van der Waals surface area contributed by atoms with E-state index in [4.69, 9.17) is 0 Å². The molecule has 0 aliphatic carbocycles. The van der Waals surface area contributed by atoms with Gasteiger partial charge in [-0.3, -0.25) is 4.68 Å². The fourth-order valence-electron chi connectivity index (χ4n) is 2.33. The van der Waals surface area contributed by atoms with E-state index in [2.05, 4.69) is 5.10 Å². The molecule has 3 aromatic rings. The fraction of sp³-hybridized carbons (Fsp3) is 0.133. The van der Waals surface area contributed by atoms with Crippen molar-refractivity contribution in [3.05, 3.63) is 42.0 Å². The molecule has 0 spiro atoms. The number of nitrogens with zero attached hydrogens (tertiary/aromatic N) is 2. The first-order valence-corrected chi connectivity index (χ1v) is 6.33. The molecule has 114 valence electrons. The summed E-state index contributed by atoms with van der Waals surface area (Å²) in [5.41, 5.74) is 0.493. The van der Waals surface area contributed by atoms with Crippen LogP contribution < -0.4 is 0 Å². The summed E-state index contributed by atoms with van der Waals surface area (Å²) in [6.07, 6.45) is -4.45. The van der Waals surface area contributed by atoms with Gasteiger partial charge in [-0.25, -0.2) is 0 Å². The summed E-state index contributed by atoms with van der Waals surface area (Å²) in [6.45, 7) is 0. The highest BCUT2D eigenvalue weighted by Gasteiger charge is 2.31. The normalized spacial score (nSPS) is 12.0. The lowest BCUT2D eigenvalue weighted by atomic mass is 10.0. The molecule has 2 N–H and O–H groups in total. The van der Waals surface area contributed by atoms with Crippen molar-refractivity contribution in [2.24, 2.45) is 7.05 Å². The Morgan fingerprint density at radius 1 is 1.00 bits per heavy atom. The zero-order valence-electron chi connectivity index (χ0n) is 11.4. The highest BCUT2D eigenvalue weighted by atomic mass is 19.4. The molecule has 2 aromatic carbocycles. The van der Waals surface area contributed by atoms with Crippen LogP contribution in [0.25, 0.3) is 22.2 Å². The van der Waals surface area contributed by atoms with Gasteiger partial charge in [0, 0.05) is 18.0 Å². The highest BCUT2D eigenvalue weighted by Crippen LogP contribution is 2.36. The van der Waals surface area contributed by atoms with Crippen LogP contribution in [-0.4, -0.2) is 20.0 Å². The van der Waals surface area contributed by atoms with Gasteiger partial charge in [0.2, 0.25) is 0 Å². The van der Waals surface area contributed by atoms with Crippen molar-refractivity contribution in [3.8, 4) is 22.8 Å². The molecule has 1 heterocycles. The number of halogens is 3. The van der Waals surface area contributed by atoms with Crippen LogP contribution in [0, 0.1) is 0 Å². The minimum Gasteiger partial charge on any atom is -0.504 e. The number of aromatic hydroxyl groups is 2. The van der Waals surface area contributed by atoms with Gasteiger partial charge in [-0.2, -0.15) is 18.3 Å². The number of hydrogen-bond donors (Lipinski definition) is 2. The van der Waals surface area contributed by atoms with E-state index in [9.17, 15) is 23.4 Å². The Morgan fingerprint density at radius 2 is 1.73 bits per heavy atom. The van der Waals surface area contributed by atoms with E-state index < -0.39 is 11.7 Å². The van der Waals surface area contributed by atoms with Crippen LogP contribution in [0.3, 0.4) is 0 Å². The Hall–Kier alpha value is -2.70. The molecular formula is C15H11F3N2O2. The second-order valence-corrected chi connectivity index (χ2v) is 4.91. The Morgan fingerprint density at radius 3 is 2.36 bits per heavy atom. The van der Waals surface area contributed by atoms with Crippen molar-refractivity contribution < 1.29 is 23.4 Å². The van der Waals surface area contributed by atoms with Gasteiger partial charge < -0.3 is 10.2 Å². The van der Waals surface area contributed by atoms with E-state index in [1.807, 2.05) is 0 Å². The molecule has 0 aliphatic heterocycles. The van der Waals surface area contributed by atoms with Crippen LogP contribution in [0.15, 0.2) is 36.4 Å². The lowest BCUT2D eigenvalue weighted by Gasteiger charge is -2.07. The fourth-order valence-corrected chi connectivity index (χ4v) is 2.33. The molecule has 0 bridgehead atoms. The van der Waals surface area contributed by atoms with Gasteiger partial charge in [0.1, 0.15) is 5.69 Å². The smallest absolute Gasteiger partial charge is 0.416 e. The Bertz CT molecular complexity index is 869. The van der Waals surface area contributed by atoms with E-state index in [1.54, 1.807) is 7.05 Å². The summed E-state index contributed by atoms with van der Waals surface area (Å²) >= 11 is 0. The van der Waals surface area contributed by atoms with Crippen molar-refractivity contribution in [2.45, 2.75) is 6.18 Å². The third-order valence-corrected chi connectivity index (χ3v) is 3.43. The maximum Gasteiger partial charge on any atom is 0.416 e. The van der Waals surface area contributed by atoms with Gasteiger partial charge >= 0.3 is 6.18 Å². The van der Waals surface area contributed by atoms with Crippen molar-refractivity contribution in [2.75, 3.05) is 0 Å². The van der Waals surface area contributed by atoms with Crippen molar-refractivity contribution in [1.82, 2.24) is 9.78 Å². The molecule has 0 atom stereocenters. The summed E-state index contributed by atoms with van der Waals surface area (Å²) in [7, 11) is 1.62. The van der Waals surface area contributed by atoms with Crippen LogP contribution in [-0.2, 0) is 13.2 Å². The first-order valence-electron chi connectivity index (χ1n) is 6.33. The number of phenolic OH excluding ortho intramolecular Hbond substituents is 2. The van der Waals surface area contributed by atoms with Crippen molar-refractivity contribution in [3.63, 3.8) is 0 Å². The van der Waals surface area contributed by atoms with E-state index in [0.717, 1.165) is 12.1 Å². The van der Waals surface area contributed by atoms with Crippen LogP contribution in [0.1, 0.15) is 5.56 Å². The maximum atomic E-state index is 12.9. The minimum absolute atomic E-state index is 0.305. The van der Waals surface area contributed by atoms with Gasteiger partial charge in [0.25, 0.3) is 0 Å². The molecule has 0 radical (unpaired) electrons. The van der Waals surface area contributed by atoms with E-state index in [0.29, 0.717) is 22.2 Å². The van der Waals surface area contributed by atoms with Gasteiger partial charge in [-0.05, 0) is 36.4 Å². The molecule has 0 fully saturated rings. The molecular weight excluding hydrogens is 297 g/mol. The summed E-state index contributed by atoms with van der Waals surface area (Å²) < 4.78 is 40.1. The number of hydrogen-bond acceptors (Lipinski definition) is 3. The number of phenols is 2. The number of rotatable bonds is 1. The third kappa shape index (κ3) is 2.24. The largest absolute Gasteiger partial charge is 0.504 e. The number of aryl methyl sites for hydroxylation is 1. The van der Waals surface area contributed by atoms with Crippen molar-refractivity contribution in [1.29, 1.82) is 0 Å². The van der Waals surface area contributed by atoms with Gasteiger partial charge in [-0.1, -0.05) is 0 Å². The standard InChI is InChI=1S/C15H11F3N2O2/c1-20-11-4-3-9(15(16,17)18)7-10(11)14(19-20)8-2-5-12(21)13(22)6-8/h2-7,21-22H,1H3. The van der Waals surface area contributed by atoms with Crippen LogP contribution in [0.2, 0.25) is 0 Å². The molecule has 4 nitrogen and oxygen atoms in total. The molecule has 0 saturated carbocycles. The second-order valence-electron chi connectivity index (χ2n) is 4.91. The van der Waals surface area contributed by atoms with Crippen molar-refractivity contribution >= 4 is 10.9 Å². The van der Waals surface area contributed by atoms with Gasteiger partial charge in [0.15, 0.2) is 11.5 Å². The maximum absolute atomic E-state index is 12.9. The van der Waals surface area contributed by atoms with Gasteiger partial charge in [0.05, 0.1) is 11.1 Å². The van der Waals surface area contributed by atoms with Crippen LogP contribution in [0.5, 0.6) is 11.5 Å². The molecule has 0 unspecified atom stereocenters. The molecule has 7 heteroatoms. The Kier molecular flexibility index (Phi) is 3.01. The highest BCUT2D eigenvalue weighted by molar-refractivity contribution is 5.94. The zero-order valence-corrected chi connectivity index (χ0v) is 11.4. The molecule has 1 aromatic heterocycles. The summed E-state index contributed by atoms with van der Waals surface area (Å²) in [5.74, 6) is -0.664. The van der Waals surface area contributed by atoms with E-state index in [1.165, 1.54) is 28.9 Å². The monoisotopic (exact) mass is 308 g/mol. The summed E-state index contributed by atoms with van der Waals surface area (Å²) in [4.78, 5) is 0.